The standard InChI is InChI=1S/C17H13NO8S2.2Na/c19-15-4-2-1-3-10(15)9-18-14-7-12(27(21,22)23)5-11-6-13(28(24,25)26)8-16(20)17(11)14;;/h1-9,19-20H,(H,21,22,23)(H,24,25,26);;/q;2*+1/p-2. The molecule has 0 atom stereocenters. The van der Waals surface area contributed by atoms with Crippen molar-refractivity contribution in [3.63, 3.8) is 0 Å². The molecule has 0 aliphatic rings. The molecule has 0 radical (unpaired) electrons. The first kappa shape index (κ1) is 27.0. The van der Waals surface area contributed by atoms with E-state index in [0.717, 1.165) is 18.2 Å². The molecule has 3 rings (SSSR count). The van der Waals surface area contributed by atoms with Crippen molar-refractivity contribution in [3.8, 4) is 11.5 Å². The molecule has 0 spiro atoms. The Morgan fingerprint density at radius 2 is 1.33 bits per heavy atom. The molecule has 0 aromatic heterocycles. The third kappa shape index (κ3) is 6.04. The summed E-state index contributed by atoms with van der Waals surface area (Å²) in [5.41, 5.74) is 0.0896. The second kappa shape index (κ2) is 10.1. The van der Waals surface area contributed by atoms with Gasteiger partial charge in [-0.1, -0.05) is 12.1 Å². The van der Waals surface area contributed by atoms with Gasteiger partial charge in [-0.05, 0) is 41.8 Å². The van der Waals surface area contributed by atoms with E-state index in [0.29, 0.717) is 6.07 Å². The van der Waals surface area contributed by atoms with Gasteiger partial charge in [-0.15, -0.1) is 0 Å². The van der Waals surface area contributed by atoms with E-state index >= 15 is 0 Å². The van der Waals surface area contributed by atoms with E-state index < -0.39 is 35.8 Å². The van der Waals surface area contributed by atoms with Crippen molar-refractivity contribution in [2.24, 2.45) is 4.99 Å². The first-order chi connectivity index (χ1) is 13.0. The third-order valence-corrected chi connectivity index (χ3v) is 5.44. The fraction of sp³-hybridized carbons (Fsp3) is 0. The molecule has 0 fully saturated rings. The molecule has 3 aromatic carbocycles. The molecule has 0 saturated carbocycles. The van der Waals surface area contributed by atoms with E-state index in [1.165, 1.54) is 18.3 Å². The van der Waals surface area contributed by atoms with Gasteiger partial charge >= 0.3 is 59.1 Å². The smallest absolute Gasteiger partial charge is 0.744 e. The Morgan fingerprint density at radius 1 is 0.800 bits per heavy atom. The Balaban J connectivity index is 0.00000225. The first-order valence-electron chi connectivity index (χ1n) is 7.51. The number of aliphatic imine (C=N–C) groups is 1. The Labute approximate surface area is 216 Å². The van der Waals surface area contributed by atoms with Crippen LogP contribution in [0.1, 0.15) is 5.56 Å². The molecule has 0 aliphatic heterocycles. The number of phenolic OH excluding ortho intramolecular Hbond substituents is 2. The maximum absolute atomic E-state index is 11.4. The zero-order chi connectivity index (χ0) is 20.7. The van der Waals surface area contributed by atoms with Gasteiger partial charge in [0.05, 0.1) is 15.5 Å². The van der Waals surface area contributed by atoms with Crippen molar-refractivity contribution in [2.75, 3.05) is 0 Å². The molecule has 0 amide bonds. The van der Waals surface area contributed by atoms with Crippen molar-refractivity contribution in [3.05, 3.63) is 54.1 Å². The van der Waals surface area contributed by atoms with E-state index in [-0.39, 0.29) is 86.9 Å². The van der Waals surface area contributed by atoms with Gasteiger partial charge in [0.1, 0.15) is 31.7 Å². The van der Waals surface area contributed by atoms with Crippen molar-refractivity contribution >= 4 is 42.9 Å². The van der Waals surface area contributed by atoms with E-state index in [9.17, 15) is 36.2 Å². The van der Waals surface area contributed by atoms with Crippen molar-refractivity contribution in [1.29, 1.82) is 0 Å². The summed E-state index contributed by atoms with van der Waals surface area (Å²) in [7, 11) is -9.90. The van der Waals surface area contributed by atoms with Crippen molar-refractivity contribution < 1.29 is 95.3 Å². The SMILES string of the molecule is O=S(=O)([O-])c1cc(O)c2c(N=Cc3ccccc3O)cc(S(=O)(=O)[O-])cc2c1.[Na+].[Na+]. The van der Waals surface area contributed by atoms with Gasteiger partial charge in [0.2, 0.25) is 0 Å². The summed E-state index contributed by atoms with van der Waals surface area (Å²) in [4.78, 5) is 2.49. The number of fused-ring (bicyclic) bond motifs is 1. The second-order valence-corrected chi connectivity index (χ2v) is 8.47. The average Bonchev–Trinajstić information content (AvgIpc) is 2.58. The number of phenols is 2. The summed E-state index contributed by atoms with van der Waals surface area (Å²) in [5.74, 6) is -0.765. The van der Waals surface area contributed by atoms with Crippen LogP contribution in [0.15, 0.2) is 63.3 Å². The third-order valence-electron chi connectivity index (χ3n) is 3.81. The molecule has 13 heteroatoms. The molecule has 3 aromatic rings. The molecule has 2 N–H and O–H groups in total. The van der Waals surface area contributed by atoms with Gasteiger partial charge in [-0.3, -0.25) is 4.99 Å². The summed E-state index contributed by atoms with van der Waals surface area (Å²) in [6.07, 6.45) is 1.17. The van der Waals surface area contributed by atoms with Gasteiger partial charge in [0.25, 0.3) is 0 Å². The Morgan fingerprint density at radius 3 is 1.87 bits per heavy atom. The van der Waals surface area contributed by atoms with Crippen LogP contribution >= 0.6 is 0 Å². The van der Waals surface area contributed by atoms with Gasteiger partial charge < -0.3 is 19.3 Å². The summed E-state index contributed by atoms with van der Waals surface area (Å²) < 4.78 is 68.0. The average molecular weight is 467 g/mol. The zero-order valence-electron chi connectivity index (χ0n) is 15.8. The number of nitrogens with zero attached hydrogens (tertiary/aromatic N) is 1. The zero-order valence-corrected chi connectivity index (χ0v) is 21.4. The van der Waals surface area contributed by atoms with Gasteiger partial charge in [0, 0.05) is 17.2 Å². The Bertz CT molecular complexity index is 1330. The van der Waals surface area contributed by atoms with Crippen LogP contribution < -0.4 is 59.1 Å². The number of benzene rings is 3. The molecular formula is C17H11NNa2O8S2. The van der Waals surface area contributed by atoms with E-state index in [1.807, 2.05) is 0 Å². The van der Waals surface area contributed by atoms with E-state index in [2.05, 4.69) is 4.99 Å². The molecule has 0 aliphatic carbocycles. The van der Waals surface area contributed by atoms with E-state index in [1.54, 1.807) is 12.1 Å². The van der Waals surface area contributed by atoms with Crippen LogP contribution in [-0.2, 0) is 20.2 Å². The minimum absolute atomic E-state index is 0. The predicted octanol–water partition coefficient (Wildman–Crippen LogP) is -4.18. The van der Waals surface area contributed by atoms with Gasteiger partial charge in [0.15, 0.2) is 0 Å². The summed E-state index contributed by atoms with van der Waals surface area (Å²) in [5, 5.41) is 19.7. The molecule has 9 nitrogen and oxygen atoms in total. The van der Waals surface area contributed by atoms with Crippen LogP contribution in [-0.4, -0.2) is 42.4 Å². The van der Waals surface area contributed by atoms with E-state index in [4.69, 9.17) is 0 Å². The maximum atomic E-state index is 11.4. The molecule has 0 saturated heterocycles. The summed E-state index contributed by atoms with van der Waals surface area (Å²) >= 11 is 0. The van der Waals surface area contributed by atoms with Crippen LogP contribution in [0.5, 0.6) is 11.5 Å². The van der Waals surface area contributed by atoms with Crippen LogP contribution in [0.3, 0.4) is 0 Å². The van der Waals surface area contributed by atoms with Crippen LogP contribution in [0.25, 0.3) is 10.8 Å². The fourth-order valence-electron chi connectivity index (χ4n) is 2.54. The summed E-state index contributed by atoms with van der Waals surface area (Å²) in [6.45, 7) is 0. The van der Waals surface area contributed by atoms with Crippen LogP contribution in [0.4, 0.5) is 5.69 Å². The summed E-state index contributed by atoms with van der Waals surface area (Å²) in [6, 6.07) is 9.36. The molecule has 0 bridgehead atoms. The van der Waals surface area contributed by atoms with Gasteiger partial charge in [-0.25, -0.2) is 16.8 Å². The largest absolute Gasteiger partial charge is 1.00 e. The predicted molar refractivity (Wildman–Crippen MR) is 96.9 cm³/mol. The topological polar surface area (TPSA) is 167 Å². The number of rotatable bonds is 4. The minimum Gasteiger partial charge on any atom is -0.744 e. The quantitative estimate of drug-likeness (QED) is 0.221. The fourth-order valence-corrected chi connectivity index (χ4v) is 3.60. The molecule has 30 heavy (non-hydrogen) atoms. The van der Waals surface area contributed by atoms with Crippen molar-refractivity contribution in [1.82, 2.24) is 0 Å². The second-order valence-electron chi connectivity index (χ2n) is 5.71. The number of aromatic hydroxyl groups is 2. The monoisotopic (exact) mass is 467 g/mol. The molecule has 146 valence electrons. The molecule has 0 heterocycles. The number of para-hydroxylation sites is 1. The number of hydrogen-bond acceptors (Lipinski definition) is 9. The molecule has 0 unspecified atom stereocenters. The van der Waals surface area contributed by atoms with Crippen LogP contribution in [0.2, 0.25) is 0 Å². The number of hydrogen-bond donors (Lipinski definition) is 2. The maximum Gasteiger partial charge on any atom is 1.00 e. The van der Waals surface area contributed by atoms with Crippen LogP contribution in [0, 0.1) is 0 Å². The van der Waals surface area contributed by atoms with Crippen molar-refractivity contribution in [2.45, 2.75) is 9.79 Å². The Kier molecular flexibility index (Phi) is 9.09. The van der Waals surface area contributed by atoms with Gasteiger partial charge in [-0.2, -0.15) is 0 Å². The Hall–Kier alpha value is -0.990. The normalized spacial score (nSPS) is 11.8. The first-order valence-corrected chi connectivity index (χ1v) is 10.3. The minimum atomic E-state index is -4.95. The molecular weight excluding hydrogens is 456 g/mol.